The molecule has 0 saturated heterocycles. The predicted molar refractivity (Wildman–Crippen MR) is 84.1 cm³/mol. The molecule has 0 radical (unpaired) electrons. The summed E-state index contributed by atoms with van der Waals surface area (Å²) in [5.41, 5.74) is 0. The summed E-state index contributed by atoms with van der Waals surface area (Å²) in [6, 6.07) is 0. The van der Waals surface area contributed by atoms with Crippen molar-refractivity contribution in [2.45, 2.75) is 66.2 Å². The lowest BCUT2D eigenvalue weighted by molar-refractivity contribution is -0.132. The van der Waals surface area contributed by atoms with Crippen LogP contribution in [0.1, 0.15) is 66.2 Å². The Morgan fingerprint density at radius 1 is 0.944 bits per heavy atom. The highest BCUT2D eigenvalue weighted by atomic mass is 31.2. The van der Waals surface area contributed by atoms with Gasteiger partial charge in [0.2, 0.25) is 0 Å². The number of carbonyl (C=O) groups is 1. The Hall–Kier alpha value is -0.230. The fourth-order valence-corrected chi connectivity index (χ4v) is 6.30. The summed E-state index contributed by atoms with van der Waals surface area (Å²) in [7, 11) is 0. The molecular weight excluding hydrogens is 243 g/mol. The Kier molecular flexibility index (Phi) is 10.5. The van der Waals surface area contributed by atoms with Gasteiger partial charge in [-0.15, -0.1) is 0 Å². The van der Waals surface area contributed by atoms with E-state index >= 15 is 0 Å². The molecule has 18 heavy (non-hydrogen) atoms. The van der Waals surface area contributed by atoms with E-state index in [0.29, 0.717) is 0 Å². The van der Waals surface area contributed by atoms with Crippen molar-refractivity contribution in [1.29, 1.82) is 0 Å². The molecule has 0 amide bonds. The zero-order valence-corrected chi connectivity index (χ0v) is 13.6. The molecule has 0 heterocycles. The van der Waals surface area contributed by atoms with Crippen LogP contribution < -0.4 is 0 Å². The number of unbranched alkanes of at least 4 members (excludes halogenated alkanes) is 3. The second kappa shape index (κ2) is 10.7. The molecule has 0 fully saturated rings. The first-order chi connectivity index (χ1) is 8.60. The van der Waals surface area contributed by atoms with E-state index < -0.39 is 6.89 Å². The van der Waals surface area contributed by atoms with Crippen molar-refractivity contribution < 1.29 is 9.53 Å². The normalized spacial score (nSPS) is 11.3. The molecule has 0 bridgehead atoms. The quantitative estimate of drug-likeness (QED) is 0.425. The molecule has 0 unspecified atom stereocenters. The molecule has 0 spiro atoms. The van der Waals surface area contributed by atoms with Gasteiger partial charge in [0.1, 0.15) is 0 Å². The van der Waals surface area contributed by atoms with Crippen LogP contribution in [-0.2, 0) is 9.53 Å². The summed E-state index contributed by atoms with van der Waals surface area (Å²) in [6.45, 7) is 7.05. The van der Waals surface area contributed by atoms with Crippen molar-refractivity contribution in [1.82, 2.24) is 0 Å². The van der Waals surface area contributed by atoms with Crippen molar-refractivity contribution in [3.63, 3.8) is 0 Å². The molecule has 0 saturated carbocycles. The Morgan fingerprint density at radius 2 is 1.33 bits per heavy atom. The summed E-state index contributed by atoms with van der Waals surface area (Å²) in [5.74, 6) is 1.81. The standard InChI is InChI=1S/C15H31O2P/c1-5-8-11-18(12-9-6-2,13-10-7-3)14-17-15(4)16/h14H,5-13H2,1-4H3. The van der Waals surface area contributed by atoms with Gasteiger partial charge in [0.15, 0.2) is 0 Å². The van der Waals surface area contributed by atoms with Crippen LogP contribution in [-0.4, -0.2) is 30.4 Å². The Balaban J connectivity index is 4.84. The molecule has 0 N–H and O–H groups in total. The number of ether oxygens (including phenoxy) is 1. The first kappa shape index (κ1) is 17.8. The van der Waals surface area contributed by atoms with Crippen LogP contribution in [0.3, 0.4) is 0 Å². The molecule has 108 valence electrons. The van der Waals surface area contributed by atoms with Crippen LogP contribution in [0.4, 0.5) is 0 Å². The minimum Gasteiger partial charge on any atom is -0.435 e. The van der Waals surface area contributed by atoms with Gasteiger partial charge in [-0.1, -0.05) is 46.9 Å². The Morgan fingerprint density at radius 3 is 1.61 bits per heavy atom. The number of rotatable bonds is 10. The van der Waals surface area contributed by atoms with Gasteiger partial charge in [0.25, 0.3) is 0 Å². The van der Waals surface area contributed by atoms with Gasteiger partial charge in [-0.05, 0) is 37.7 Å². The van der Waals surface area contributed by atoms with Crippen molar-refractivity contribution in [3.05, 3.63) is 0 Å². The molecule has 0 aromatic rings. The maximum atomic E-state index is 11.1. The lowest BCUT2D eigenvalue weighted by Gasteiger charge is -2.25. The Bertz CT molecular complexity index is 243. The molecule has 0 aliphatic heterocycles. The van der Waals surface area contributed by atoms with E-state index in [9.17, 15) is 4.79 Å². The fourth-order valence-electron chi connectivity index (χ4n) is 2.10. The summed E-state index contributed by atoms with van der Waals surface area (Å²) in [5, 5.41) is 0. The average molecular weight is 274 g/mol. The van der Waals surface area contributed by atoms with Crippen LogP contribution in [0.2, 0.25) is 0 Å². The topological polar surface area (TPSA) is 26.3 Å². The summed E-state index contributed by atoms with van der Waals surface area (Å²) < 4.78 is 5.28. The number of esters is 1. The third kappa shape index (κ3) is 7.97. The van der Waals surface area contributed by atoms with E-state index in [1.807, 2.05) is 5.98 Å². The largest absolute Gasteiger partial charge is 0.435 e. The van der Waals surface area contributed by atoms with Crippen molar-refractivity contribution >= 4 is 18.8 Å². The number of carbonyl (C=O) groups excluding carboxylic acids is 1. The molecule has 0 atom stereocenters. The highest BCUT2D eigenvalue weighted by Crippen LogP contribution is 2.49. The van der Waals surface area contributed by atoms with E-state index in [1.54, 1.807) is 0 Å². The fraction of sp³-hybridized carbons (Fsp3) is 0.867. The second-order valence-corrected chi connectivity index (χ2v) is 9.15. The van der Waals surface area contributed by atoms with E-state index in [4.69, 9.17) is 4.74 Å². The molecule has 2 nitrogen and oxygen atoms in total. The zero-order valence-electron chi connectivity index (χ0n) is 12.7. The molecule has 0 aromatic heterocycles. The van der Waals surface area contributed by atoms with Gasteiger partial charge in [0, 0.05) is 6.92 Å². The Labute approximate surface area is 113 Å². The van der Waals surface area contributed by atoms with Crippen molar-refractivity contribution in [3.8, 4) is 0 Å². The lowest BCUT2D eigenvalue weighted by atomic mass is 10.4. The first-order valence-electron chi connectivity index (χ1n) is 7.47. The van der Waals surface area contributed by atoms with Gasteiger partial charge in [-0.3, -0.25) is 4.79 Å². The predicted octanol–water partition coefficient (Wildman–Crippen LogP) is 4.73. The van der Waals surface area contributed by atoms with E-state index in [-0.39, 0.29) is 5.97 Å². The lowest BCUT2D eigenvalue weighted by Crippen LogP contribution is -2.07. The monoisotopic (exact) mass is 274 g/mol. The molecule has 0 aromatic carbocycles. The van der Waals surface area contributed by atoms with Crippen molar-refractivity contribution in [2.75, 3.05) is 18.5 Å². The van der Waals surface area contributed by atoms with Crippen LogP contribution in [0, 0.1) is 0 Å². The van der Waals surface area contributed by atoms with Crippen LogP contribution >= 0.6 is 6.89 Å². The first-order valence-corrected chi connectivity index (χ1v) is 9.89. The van der Waals surface area contributed by atoms with Crippen LogP contribution in [0.25, 0.3) is 0 Å². The van der Waals surface area contributed by atoms with Gasteiger partial charge in [-0.25, -0.2) is 0 Å². The molecule has 3 heteroatoms. The summed E-state index contributed by atoms with van der Waals surface area (Å²) >= 11 is 0. The van der Waals surface area contributed by atoms with E-state index in [0.717, 1.165) is 0 Å². The number of hydrogen-bond donors (Lipinski definition) is 0. The van der Waals surface area contributed by atoms with E-state index in [1.165, 1.54) is 63.9 Å². The summed E-state index contributed by atoms with van der Waals surface area (Å²) in [6.07, 6.45) is 11.3. The van der Waals surface area contributed by atoms with Crippen LogP contribution in [0.15, 0.2) is 0 Å². The second-order valence-electron chi connectivity index (χ2n) is 5.16. The third-order valence-corrected chi connectivity index (χ3v) is 7.49. The number of hydrogen-bond acceptors (Lipinski definition) is 2. The maximum Gasteiger partial charge on any atom is 0.307 e. The van der Waals surface area contributed by atoms with Crippen molar-refractivity contribution in [2.24, 2.45) is 0 Å². The minimum absolute atomic E-state index is 0.163. The highest BCUT2D eigenvalue weighted by molar-refractivity contribution is 7.74. The smallest absolute Gasteiger partial charge is 0.307 e. The summed E-state index contributed by atoms with van der Waals surface area (Å²) in [4.78, 5) is 11.1. The van der Waals surface area contributed by atoms with Gasteiger partial charge in [-0.2, -0.15) is 0 Å². The van der Waals surface area contributed by atoms with Gasteiger partial charge in [0.05, 0.1) is 5.98 Å². The van der Waals surface area contributed by atoms with E-state index in [2.05, 4.69) is 20.8 Å². The molecule has 0 aliphatic carbocycles. The average Bonchev–Trinajstić information content (AvgIpc) is 2.37. The maximum absolute atomic E-state index is 11.1. The minimum atomic E-state index is -1.17. The third-order valence-electron chi connectivity index (χ3n) is 3.31. The SMILES string of the molecule is CCCCP(=COC(C)=O)(CCCC)CCCC. The van der Waals surface area contributed by atoms with Gasteiger partial charge >= 0.3 is 5.97 Å². The molecule has 0 aliphatic rings. The molecule has 0 rings (SSSR count). The zero-order chi connectivity index (χ0) is 13.9. The highest BCUT2D eigenvalue weighted by Gasteiger charge is 2.17. The van der Waals surface area contributed by atoms with Crippen LogP contribution in [0.5, 0.6) is 0 Å². The van der Waals surface area contributed by atoms with Gasteiger partial charge < -0.3 is 4.74 Å². The molecular formula is C15H31O2P.